The highest BCUT2D eigenvalue weighted by atomic mass is 35.5. The van der Waals surface area contributed by atoms with E-state index >= 15 is 0 Å². The van der Waals surface area contributed by atoms with Crippen LogP contribution < -0.4 is 20.9 Å². The molecule has 1 saturated heterocycles. The molecule has 6 nitrogen and oxygen atoms in total. The quantitative estimate of drug-likeness (QED) is 0.414. The van der Waals surface area contributed by atoms with Crippen molar-refractivity contribution in [2.24, 2.45) is 0 Å². The van der Waals surface area contributed by atoms with Crippen LogP contribution in [0.4, 0.5) is 15.6 Å². The number of urea groups is 1. The number of rotatable bonds is 6. The van der Waals surface area contributed by atoms with Gasteiger partial charge in [-0.2, -0.15) is 0 Å². The summed E-state index contributed by atoms with van der Waals surface area (Å²) in [5.74, 6) is 2.86. The zero-order valence-electron chi connectivity index (χ0n) is 19.6. The molecule has 1 aliphatic heterocycles. The van der Waals surface area contributed by atoms with E-state index in [0.717, 1.165) is 50.1 Å². The van der Waals surface area contributed by atoms with Gasteiger partial charge in [0.05, 0.1) is 16.6 Å². The first kappa shape index (κ1) is 23.7. The van der Waals surface area contributed by atoms with E-state index in [2.05, 4.69) is 56.0 Å². The van der Waals surface area contributed by atoms with Gasteiger partial charge >= 0.3 is 6.03 Å². The van der Waals surface area contributed by atoms with Crippen molar-refractivity contribution in [3.05, 3.63) is 75.8 Å². The SMILES string of the molecule is C#C[C@@](C)(c1ccc(Cl)cc1)c1csc(NC(=O)NC2(c3ccc(N4CCNCC4)cc3)CC2)n1. The van der Waals surface area contributed by atoms with E-state index in [1.54, 1.807) is 0 Å². The number of halogens is 1. The number of thiazole rings is 1. The fourth-order valence-electron chi connectivity index (χ4n) is 4.52. The van der Waals surface area contributed by atoms with Gasteiger partial charge in [-0.25, -0.2) is 9.78 Å². The first-order chi connectivity index (χ1) is 16.9. The summed E-state index contributed by atoms with van der Waals surface area (Å²) in [5, 5.41) is 12.5. The van der Waals surface area contributed by atoms with Gasteiger partial charge in [0, 0.05) is 42.3 Å². The molecular formula is C27H28ClN5OS. The highest BCUT2D eigenvalue weighted by molar-refractivity contribution is 7.14. The Morgan fingerprint density at radius 1 is 1.17 bits per heavy atom. The molecule has 3 N–H and O–H groups in total. The van der Waals surface area contributed by atoms with Crippen molar-refractivity contribution in [1.82, 2.24) is 15.6 Å². The number of hydrogen-bond acceptors (Lipinski definition) is 5. The molecule has 1 saturated carbocycles. The highest BCUT2D eigenvalue weighted by Crippen LogP contribution is 2.46. The van der Waals surface area contributed by atoms with E-state index in [1.165, 1.54) is 17.0 Å². The lowest BCUT2D eigenvalue weighted by Gasteiger charge is -2.30. The predicted octanol–water partition coefficient (Wildman–Crippen LogP) is 4.96. The second-order valence-corrected chi connectivity index (χ2v) is 10.6. The summed E-state index contributed by atoms with van der Waals surface area (Å²) in [7, 11) is 0. The van der Waals surface area contributed by atoms with E-state index < -0.39 is 5.41 Å². The molecule has 2 aromatic carbocycles. The Morgan fingerprint density at radius 3 is 2.49 bits per heavy atom. The number of carbonyl (C=O) groups is 1. The van der Waals surface area contributed by atoms with Gasteiger partial charge in [-0.3, -0.25) is 5.32 Å². The highest BCUT2D eigenvalue weighted by Gasteiger charge is 2.45. The van der Waals surface area contributed by atoms with E-state index in [4.69, 9.17) is 18.0 Å². The van der Waals surface area contributed by atoms with Gasteiger partial charge in [0.1, 0.15) is 0 Å². The van der Waals surface area contributed by atoms with E-state index in [1.807, 2.05) is 36.6 Å². The number of terminal acetylenes is 1. The largest absolute Gasteiger partial charge is 0.369 e. The average molecular weight is 506 g/mol. The van der Waals surface area contributed by atoms with Crippen LogP contribution >= 0.6 is 22.9 Å². The lowest BCUT2D eigenvalue weighted by atomic mass is 9.81. The van der Waals surface area contributed by atoms with Crippen molar-refractivity contribution >= 4 is 39.8 Å². The lowest BCUT2D eigenvalue weighted by Crippen LogP contribution is -2.43. The van der Waals surface area contributed by atoms with Gasteiger partial charge in [0.2, 0.25) is 0 Å². The molecule has 0 bridgehead atoms. The Morgan fingerprint density at radius 2 is 1.86 bits per heavy atom. The van der Waals surface area contributed by atoms with Crippen LogP contribution in [-0.2, 0) is 11.0 Å². The number of hydrogen-bond donors (Lipinski definition) is 3. The maximum atomic E-state index is 12.9. The minimum absolute atomic E-state index is 0.261. The standard InChI is InChI=1S/C27H28ClN5OS/c1-3-26(2,19-4-8-21(28)9-5-19)23-18-35-25(30-23)31-24(34)32-27(12-13-27)20-6-10-22(11-7-20)33-16-14-29-15-17-33/h1,4-11,18,29H,12-17H2,2H3,(H2,30,31,32,34)/t26-/m0/s1. The normalized spacial score (nSPS) is 18.3. The van der Waals surface area contributed by atoms with Crippen LogP contribution in [0.15, 0.2) is 53.9 Å². The summed E-state index contributed by atoms with van der Waals surface area (Å²) in [5.41, 5.74) is 2.96. The molecule has 1 aromatic heterocycles. The monoisotopic (exact) mass is 505 g/mol. The molecule has 8 heteroatoms. The molecule has 5 rings (SSSR count). The fraction of sp³-hybridized carbons (Fsp3) is 0.333. The predicted molar refractivity (Wildman–Crippen MR) is 143 cm³/mol. The number of amides is 2. The van der Waals surface area contributed by atoms with E-state index in [9.17, 15) is 4.79 Å². The van der Waals surface area contributed by atoms with Gasteiger partial charge in [0.15, 0.2) is 5.13 Å². The Kier molecular flexibility index (Phi) is 6.45. The number of aromatic nitrogens is 1. The van der Waals surface area contributed by atoms with Crippen molar-refractivity contribution in [2.75, 3.05) is 36.4 Å². The first-order valence-electron chi connectivity index (χ1n) is 11.8. The van der Waals surface area contributed by atoms with Crippen molar-refractivity contribution in [2.45, 2.75) is 30.7 Å². The second-order valence-electron chi connectivity index (χ2n) is 9.26. The van der Waals surface area contributed by atoms with Crippen LogP contribution in [0.1, 0.15) is 36.6 Å². The topological polar surface area (TPSA) is 69.3 Å². The van der Waals surface area contributed by atoms with Crippen LogP contribution in [0.3, 0.4) is 0 Å². The summed E-state index contributed by atoms with van der Waals surface area (Å²) in [6, 6.07) is 15.8. The molecule has 2 aliphatic rings. The van der Waals surface area contributed by atoms with Gasteiger partial charge in [-0.05, 0) is 55.2 Å². The lowest BCUT2D eigenvalue weighted by molar-refractivity contribution is 0.247. The third kappa shape index (κ3) is 4.87. The molecule has 1 aliphatic carbocycles. The van der Waals surface area contributed by atoms with Crippen LogP contribution in [0.2, 0.25) is 5.02 Å². The van der Waals surface area contributed by atoms with E-state index in [-0.39, 0.29) is 11.6 Å². The Labute approximate surface area is 215 Å². The smallest absolute Gasteiger partial charge is 0.321 e. The van der Waals surface area contributed by atoms with Crippen molar-refractivity contribution in [3.63, 3.8) is 0 Å². The third-order valence-electron chi connectivity index (χ3n) is 6.95. The zero-order chi connectivity index (χ0) is 24.5. The molecule has 1 atom stereocenters. The summed E-state index contributed by atoms with van der Waals surface area (Å²) < 4.78 is 0. The number of benzene rings is 2. The summed E-state index contributed by atoms with van der Waals surface area (Å²) in [4.78, 5) is 19.9. The van der Waals surface area contributed by atoms with Crippen LogP contribution in [0.25, 0.3) is 0 Å². The minimum Gasteiger partial charge on any atom is -0.369 e. The molecule has 35 heavy (non-hydrogen) atoms. The molecule has 2 amide bonds. The summed E-state index contributed by atoms with van der Waals surface area (Å²) in [6.45, 7) is 5.98. The molecule has 2 fully saturated rings. The number of piperazine rings is 1. The Bertz CT molecular complexity index is 1240. The van der Waals surface area contributed by atoms with Crippen LogP contribution in [0.5, 0.6) is 0 Å². The van der Waals surface area contributed by atoms with Crippen molar-refractivity contribution in [3.8, 4) is 12.3 Å². The molecule has 2 heterocycles. The molecule has 0 unspecified atom stereocenters. The number of anilines is 2. The molecule has 3 aromatic rings. The second kappa shape index (κ2) is 9.54. The first-order valence-corrected chi connectivity index (χ1v) is 13.0. The fourth-order valence-corrected chi connectivity index (χ4v) is 5.46. The van der Waals surface area contributed by atoms with Crippen molar-refractivity contribution < 1.29 is 4.79 Å². The maximum Gasteiger partial charge on any atom is 0.321 e. The minimum atomic E-state index is -0.721. The zero-order valence-corrected chi connectivity index (χ0v) is 21.2. The van der Waals surface area contributed by atoms with Gasteiger partial charge in [-0.15, -0.1) is 17.8 Å². The Balaban J connectivity index is 1.24. The van der Waals surface area contributed by atoms with E-state index in [0.29, 0.717) is 15.8 Å². The maximum absolute atomic E-state index is 12.9. The number of carbonyl (C=O) groups excluding carboxylic acids is 1. The molecule has 0 spiro atoms. The van der Waals surface area contributed by atoms with Crippen LogP contribution in [0, 0.1) is 12.3 Å². The van der Waals surface area contributed by atoms with Gasteiger partial charge < -0.3 is 15.5 Å². The molecular weight excluding hydrogens is 478 g/mol. The summed E-state index contributed by atoms with van der Waals surface area (Å²) in [6.07, 6.45) is 7.75. The third-order valence-corrected chi connectivity index (χ3v) is 7.96. The Hall–Kier alpha value is -3.05. The van der Waals surface area contributed by atoms with Gasteiger partial charge in [0.25, 0.3) is 0 Å². The average Bonchev–Trinajstić information content (AvgIpc) is 3.51. The van der Waals surface area contributed by atoms with Gasteiger partial charge in [-0.1, -0.05) is 41.8 Å². The summed E-state index contributed by atoms with van der Waals surface area (Å²) >= 11 is 7.40. The van der Waals surface area contributed by atoms with Crippen LogP contribution in [-0.4, -0.2) is 37.2 Å². The molecule has 180 valence electrons. The van der Waals surface area contributed by atoms with Crippen molar-refractivity contribution in [1.29, 1.82) is 0 Å². The number of nitrogens with one attached hydrogen (secondary N) is 3. The number of nitrogens with zero attached hydrogens (tertiary/aromatic N) is 2. The molecule has 0 radical (unpaired) electrons.